The topological polar surface area (TPSA) is 103 Å². The Balaban J connectivity index is 0.00000353. The molecule has 0 spiro atoms. The van der Waals surface area contributed by atoms with E-state index in [9.17, 15) is 9.59 Å². The van der Waals surface area contributed by atoms with Gasteiger partial charge < -0.3 is 30.1 Å². The molecule has 2 aliphatic rings. The van der Waals surface area contributed by atoms with Crippen LogP contribution >= 0.6 is 37.2 Å². The minimum atomic E-state index is -0.254. The lowest BCUT2D eigenvalue weighted by atomic mass is 9.92. The number of hydrogen-bond acceptors (Lipinski definition) is 8. The number of piperidine rings is 1. The van der Waals surface area contributed by atoms with Gasteiger partial charge in [-0.05, 0) is 30.9 Å². The van der Waals surface area contributed by atoms with Crippen LogP contribution in [0.3, 0.4) is 0 Å². The number of carbonyl (C=O) groups is 2. The van der Waals surface area contributed by atoms with Gasteiger partial charge in [-0.25, -0.2) is 9.97 Å². The summed E-state index contributed by atoms with van der Waals surface area (Å²) in [4.78, 5) is 43.7. The van der Waals surface area contributed by atoms with E-state index in [1.807, 2.05) is 15.9 Å². The average Bonchev–Trinajstić information content (AvgIpc) is 3.01. The molecule has 0 saturated carbocycles. The predicted molar refractivity (Wildman–Crippen MR) is 193 cm³/mol. The largest absolute Gasteiger partial charge is 0.385 e. The van der Waals surface area contributed by atoms with Gasteiger partial charge in [0.25, 0.3) is 5.91 Å². The molecule has 1 aromatic carbocycles. The zero-order chi connectivity index (χ0) is 31.0. The third-order valence-electron chi connectivity index (χ3n) is 8.16. The summed E-state index contributed by atoms with van der Waals surface area (Å²) in [6.07, 6.45) is 3.11. The molecule has 2 atom stereocenters. The summed E-state index contributed by atoms with van der Waals surface area (Å²) in [7, 11) is 1.68. The van der Waals surface area contributed by atoms with E-state index in [-0.39, 0.29) is 72.3 Å². The molecule has 2 amide bonds. The fraction of sp³-hybridized carbons (Fsp3) is 0.636. The van der Waals surface area contributed by atoms with Crippen LogP contribution in [0, 0.1) is 11.8 Å². The number of hydrogen-bond donors (Lipinski definition) is 2. The molecule has 3 heterocycles. The Kier molecular flexibility index (Phi) is 17.6. The Hall–Kier alpha value is -2.37. The van der Waals surface area contributed by atoms with Crippen molar-refractivity contribution < 1.29 is 14.3 Å². The van der Waals surface area contributed by atoms with Crippen molar-refractivity contribution in [2.45, 2.75) is 58.9 Å². The zero-order valence-corrected chi connectivity index (χ0v) is 30.6. The first-order valence-electron chi connectivity index (χ1n) is 15.8. The van der Waals surface area contributed by atoms with Crippen molar-refractivity contribution in [3.63, 3.8) is 0 Å². The lowest BCUT2D eigenvalue weighted by molar-refractivity contribution is -0.137. The molecule has 4 rings (SSSR count). The predicted octanol–water partition coefficient (Wildman–Crippen LogP) is 4.91. The highest BCUT2D eigenvalue weighted by Crippen LogP contribution is 2.26. The number of piperazine rings is 1. The molecule has 2 aliphatic heterocycles. The fourth-order valence-corrected chi connectivity index (χ4v) is 5.83. The first-order valence-corrected chi connectivity index (χ1v) is 15.8. The molecule has 13 heteroatoms. The van der Waals surface area contributed by atoms with Gasteiger partial charge in [0.1, 0.15) is 17.2 Å². The summed E-state index contributed by atoms with van der Waals surface area (Å²) >= 11 is 0. The van der Waals surface area contributed by atoms with Gasteiger partial charge in [0, 0.05) is 89.4 Å². The van der Waals surface area contributed by atoms with Crippen molar-refractivity contribution in [1.82, 2.24) is 25.1 Å². The van der Waals surface area contributed by atoms with Crippen LogP contribution in [-0.2, 0) is 14.9 Å². The number of nitrogens with zero attached hydrogens (tertiary/aromatic N) is 5. The Morgan fingerprint density at radius 2 is 1.74 bits per heavy atom. The van der Waals surface area contributed by atoms with Gasteiger partial charge in [-0.2, -0.15) is 0 Å². The van der Waals surface area contributed by atoms with Crippen molar-refractivity contribution in [3.8, 4) is 0 Å². The number of benzene rings is 1. The maximum Gasteiger partial charge on any atom is 0.259 e. The second-order valence-corrected chi connectivity index (χ2v) is 13.2. The smallest absolute Gasteiger partial charge is 0.259 e. The Morgan fingerprint density at radius 1 is 1.07 bits per heavy atom. The van der Waals surface area contributed by atoms with Gasteiger partial charge in [0.05, 0.1) is 5.92 Å². The van der Waals surface area contributed by atoms with Crippen LogP contribution in [0.5, 0.6) is 0 Å². The molecule has 2 saturated heterocycles. The molecule has 0 unspecified atom stereocenters. The van der Waals surface area contributed by atoms with Gasteiger partial charge in [0.15, 0.2) is 0 Å². The first-order chi connectivity index (χ1) is 20.6. The molecule has 0 radical (unpaired) electrons. The van der Waals surface area contributed by atoms with E-state index >= 15 is 0 Å². The quantitative estimate of drug-likeness (QED) is 0.319. The fourth-order valence-electron chi connectivity index (χ4n) is 5.83. The van der Waals surface area contributed by atoms with E-state index in [1.165, 1.54) is 5.69 Å². The van der Waals surface area contributed by atoms with Crippen molar-refractivity contribution in [2.75, 3.05) is 76.3 Å². The van der Waals surface area contributed by atoms with Gasteiger partial charge >= 0.3 is 0 Å². The second-order valence-electron chi connectivity index (χ2n) is 13.2. The Morgan fingerprint density at radius 3 is 2.35 bits per heavy atom. The summed E-state index contributed by atoms with van der Waals surface area (Å²) < 4.78 is 5.21. The van der Waals surface area contributed by atoms with E-state index in [1.54, 1.807) is 13.3 Å². The van der Waals surface area contributed by atoms with Crippen LogP contribution in [0.4, 0.5) is 11.5 Å². The van der Waals surface area contributed by atoms with E-state index in [4.69, 9.17) is 9.72 Å². The minimum Gasteiger partial charge on any atom is -0.385 e. The molecule has 46 heavy (non-hydrogen) atoms. The third kappa shape index (κ3) is 11.1. The summed E-state index contributed by atoms with van der Waals surface area (Å²) in [5.74, 6) is 1.42. The summed E-state index contributed by atoms with van der Waals surface area (Å²) in [5, 5.41) is 6.86. The standard InChI is InChI=1S/C33H51N7O3.3ClH/c1-24(2)23-40(31(42)28-22-36-32(33(3,4)5)37-29(28)35-13-10-18-43-6)27-19-25(20-34-21-27)30(41)39-16-14-38(15-17-39)26-11-8-7-9-12-26;;;/h7-9,11-12,22,24-25,27,34H,10,13-21,23H2,1-6H3,(H,35,36,37);3*1H/t25-,27+;;;/m1.../s1. The van der Waals surface area contributed by atoms with E-state index in [0.717, 1.165) is 19.5 Å². The monoisotopic (exact) mass is 701 g/mol. The SMILES string of the molecule is COCCCNc1nc(C(C)(C)C)ncc1C(=O)N(CC(C)C)[C@@H]1CNC[C@H](C(=O)N2CCN(c3ccccc3)CC2)C1.Cl.Cl.Cl. The number of para-hydroxylation sites is 1. The van der Waals surface area contributed by atoms with Crippen molar-refractivity contribution >= 4 is 60.5 Å². The summed E-state index contributed by atoms with van der Waals surface area (Å²) in [6, 6.07) is 10.3. The number of nitrogens with one attached hydrogen (secondary N) is 2. The molecular weight excluding hydrogens is 649 g/mol. The second kappa shape index (κ2) is 19.5. The number of halogens is 3. The molecule has 0 aliphatic carbocycles. The van der Waals surface area contributed by atoms with Crippen LogP contribution in [0.1, 0.15) is 63.6 Å². The number of ether oxygens (including phenoxy) is 1. The highest BCUT2D eigenvalue weighted by molar-refractivity contribution is 5.98. The molecule has 260 valence electrons. The number of carbonyl (C=O) groups excluding carboxylic acids is 2. The molecule has 2 aromatic rings. The molecular formula is C33H54Cl3N7O3. The number of methoxy groups -OCH3 is 1. The highest BCUT2D eigenvalue weighted by Gasteiger charge is 2.37. The van der Waals surface area contributed by atoms with Crippen LogP contribution in [-0.4, -0.2) is 104 Å². The number of aromatic nitrogens is 2. The van der Waals surface area contributed by atoms with Gasteiger partial charge in [-0.1, -0.05) is 52.8 Å². The molecule has 2 fully saturated rings. The normalized spacial score (nSPS) is 18.2. The van der Waals surface area contributed by atoms with Crippen molar-refractivity contribution in [3.05, 3.63) is 47.9 Å². The first kappa shape index (κ1) is 41.7. The lowest BCUT2D eigenvalue weighted by Crippen LogP contribution is -2.57. The van der Waals surface area contributed by atoms with Crippen LogP contribution in [0.2, 0.25) is 0 Å². The lowest BCUT2D eigenvalue weighted by Gasteiger charge is -2.41. The van der Waals surface area contributed by atoms with Crippen molar-refractivity contribution in [1.29, 1.82) is 0 Å². The third-order valence-corrected chi connectivity index (χ3v) is 8.16. The minimum absolute atomic E-state index is 0. The Bertz CT molecular complexity index is 1210. The number of anilines is 2. The highest BCUT2D eigenvalue weighted by atomic mass is 35.5. The van der Waals surface area contributed by atoms with Gasteiger partial charge in [-0.15, -0.1) is 37.2 Å². The van der Waals surface area contributed by atoms with Crippen LogP contribution in [0.15, 0.2) is 36.5 Å². The van der Waals surface area contributed by atoms with E-state index in [0.29, 0.717) is 69.5 Å². The van der Waals surface area contributed by atoms with Crippen LogP contribution < -0.4 is 15.5 Å². The molecule has 0 bridgehead atoms. The van der Waals surface area contributed by atoms with Gasteiger partial charge in [0.2, 0.25) is 5.91 Å². The maximum absolute atomic E-state index is 14.3. The van der Waals surface area contributed by atoms with Crippen LogP contribution in [0.25, 0.3) is 0 Å². The molecule has 10 nitrogen and oxygen atoms in total. The summed E-state index contributed by atoms with van der Waals surface area (Å²) in [5.41, 5.74) is 1.41. The van der Waals surface area contributed by atoms with Gasteiger partial charge in [-0.3, -0.25) is 9.59 Å². The number of amides is 2. The van der Waals surface area contributed by atoms with Crippen molar-refractivity contribution in [2.24, 2.45) is 11.8 Å². The average molecular weight is 703 g/mol. The number of rotatable bonds is 11. The Labute approximate surface area is 294 Å². The molecule has 2 N–H and O–H groups in total. The molecule has 1 aromatic heterocycles. The maximum atomic E-state index is 14.3. The van der Waals surface area contributed by atoms with E-state index < -0.39 is 0 Å². The zero-order valence-electron chi connectivity index (χ0n) is 28.2. The van der Waals surface area contributed by atoms with E-state index in [2.05, 4.69) is 79.4 Å². The summed E-state index contributed by atoms with van der Waals surface area (Å²) in [6.45, 7) is 16.6.